The number of nitrogens with one attached hydrogen (secondary N) is 2. The van der Waals surface area contributed by atoms with Gasteiger partial charge < -0.3 is 10.1 Å². The van der Waals surface area contributed by atoms with Crippen LogP contribution in [0.3, 0.4) is 0 Å². The van der Waals surface area contributed by atoms with Crippen LogP contribution in [0.15, 0.2) is 48.5 Å². The topological polar surface area (TPSA) is 73.9 Å². The van der Waals surface area contributed by atoms with Gasteiger partial charge in [-0.25, -0.2) is 18.9 Å². The minimum Gasteiger partial charge on any atom is -0.488 e. The molecular weight excluding hydrogens is 387 g/mol. The first-order valence-corrected chi connectivity index (χ1v) is 10.0. The molecule has 1 saturated heterocycles. The van der Waals surface area contributed by atoms with Crippen LogP contribution in [-0.4, -0.2) is 40.8 Å². The third kappa shape index (κ3) is 5.00. The number of halogens is 1. The molecule has 1 aliphatic rings. The van der Waals surface area contributed by atoms with Gasteiger partial charge >= 0.3 is 12.1 Å². The number of amides is 4. The van der Waals surface area contributed by atoms with Crippen molar-refractivity contribution < 1.29 is 18.7 Å². The summed E-state index contributed by atoms with van der Waals surface area (Å²) in [5.74, 6) is -0.376. The average Bonchev–Trinajstić information content (AvgIpc) is 2.71. The molecule has 0 saturated carbocycles. The fraction of sp³-hybridized carbons (Fsp3) is 0.364. The second-order valence-electron chi connectivity index (χ2n) is 7.36. The van der Waals surface area contributed by atoms with Crippen LogP contribution in [0.25, 0.3) is 0 Å². The lowest BCUT2D eigenvalue weighted by Gasteiger charge is -2.41. The Morgan fingerprint density at radius 3 is 2.53 bits per heavy atom. The van der Waals surface area contributed by atoms with Gasteiger partial charge in [-0.3, -0.25) is 10.2 Å². The van der Waals surface area contributed by atoms with E-state index in [0.717, 1.165) is 5.56 Å². The normalized spacial score (nSPS) is 16.6. The summed E-state index contributed by atoms with van der Waals surface area (Å²) in [5, 5.41) is 5.84. The zero-order valence-electron chi connectivity index (χ0n) is 17.4. The van der Waals surface area contributed by atoms with E-state index in [1.165, 1.54) is 21.9 Å². The molecule has 2 aromatic rings. The largest absolute Gasteiger partial charge is 0.488 e. The third-order valence-electron chi connectivity index (χ3n) is 4.53. The van der Waals surface area contributed by atoms with Crippen molar-refractivity contribution in [3.63, 3.8) is 0 Å². The fourth-order valence-corrected chi connectivity index (χ4v) is 3.20. The number of hydrogen-bond acceptors (Lipinski definition) is 4. The summed E-state index contributed by atoms with van der Waals surface area (Å²) in [5.41, 5.74) is 1.33. The van der Waals surface area contributed by atoms with Crippen molar-refractivity contribution in [2.24, 2.45) is 0 Å². The van der Waals surface area contributed by atoms with Gasteiger partial charge in [0.1, 0.15) is 0 Å². The predicted molar refractivity (Wildman–Crippen MR) is 112 cm³/mol. The highest BCUT2D eigenvalue weighted by molar-refractivity contribution is 5.96. The van der Waals surface area contributed by atoms with Crippen LogP contribution >= 0.6 is 0 Å². The Hall–Kier alpha value is -3.29. The Morgan fingerprint density at radius 1 is 1.17 bits per heavy atom. The number of hydrogen-bond donors (Lipinski definition) is 2. The van der Waals surface area contributed by atoms with Gasteiger partial charge in [-0.2, -0.15) is 0 Å². The lowest BCUT2D eigenvalue weighted by molar-refractivity contribution is 0.106. The highest BCUT2D eigenvalue weighted by Crippen LogP contribution is 2.24. The SMILES string of the molecule is CCCN1C(=O)NC(Nc2ccc(OC(C)C)c(F)c2)N(Cc2ccccc2)C1=O. The number of rotatable bonds is 8. The smallest absolute Gasteiger partial charge is 0.331 e. The van der Waals surface area contributed by atoms with Crippen molar-refractivity contribution in [1.82, 2.24) is 15.1 Å². The first-order valence-electron chi connectivity index (χ1n) is 10.0. The Bertz CT molecular complexity index is 891. The van der Waals surface area contributed by atoms with E-state index < -0.39 is 24.2 Å². The molecule has 8 heteroatoms. The standard InChI is InChI=1S/C22H27FN4O3/c1-4-12-26-21(28)25-20(27(22(26)29)14-16-8-6-5-7-9-16)24-17-10-11-19(18(23)13-17)30-15(2)3/h5-11,13,15,20,24H,4,12,14H2,1-3H3,(H,25,28). The first-order chi connectivity index (χ1) is 14.4. The molecule has 0 spiro atoms. The van der Waals surface area contributed by atoms with Crippen molar-refractivity contribution in [2.45, 2.75) is 46.1 Å². The number of benzene rings is 2. The average molecular weight is 414 g/mol. The minimum absolute atomic E-state index is 0.148. The van der Waals surface area contributed by atoms with Crippen molar-refractivity contribution >= 4 is 17.7 Å². The highest BCUT2D eigenvalue weighted by Gasteiger charge is 2.38. The van der Waals surface area contributed by atoms with E-state index in [2.05, 4.69) is 10.6 Å². The van der Waals surface area contributed by atoms with Gasteiger partial charge in [-0.05, 0) is 38.0 Å². The molecule has 4 amide bonds. The fourth-order valence-electron chi connectivity index (χ4n) is 3.20. The quantitative estimate of drug-likeness (QED) is 0.673. The van der Waals surface area contributed by atoms with Crippen LogP contribution in [0.5, 0.6) is 5.75 Å². The molecule has 0 radical (unpaired) electrons. The number of imide groups is 1. The molecule has 30 heavy (non-hydrogen) atoms. The van der Waals surface area contributed by atoms with Crippen LogP contribution in [0.1, 0.15) is 32.8 Å². The lowest BCUT2D eigenvalue weighted by atomic mass is 10.2. The maximum absolute atomic E-state index is 14.4. The number of nitrogens with zero attached hydrogens (tertiary/aromatic N) is 2. The number of carbonyl (C=O) groups excluding carboxylic acids is 2. The van der Waals surface area contributed by atoms with Gasteiger partial charge in [0.15, 0.2) is 17.9 Å². The van der Waals surface area contributed by atoms with Gasteiger partial charge in [0.2, 0.25) is 0 Å². The molecule has 7 nitrogen and oxygen atoms in total. The molecule has 1 heterocycles. The van der Waals surface area contributed by atoms with Crippen LogP contribution < -0.4 is 15.4 Å². The van der Waals surface area contributed by atoms with Crippen LogP contribution in [0.4, 0.5) is 19.7 Å². The van der Waals surface area contributed by atoms with Crippen LogP contribution in [-0.2, 0) is 6.54 Å². The van der Waals surface area contributed by atoms with Gasteiger partial charge in [0.05, 0.1) is 12.6 Å². The molecule has 160 valence electrons. The second kappa shape index (κ2) is 9.47. The molecule has 1 unspecified atom stereocenters. The number of anilines is 1. The van der Waals surface area contributed by atoms with E-state index in [9.17, 15) is 14.0 Å². The summed E-state index contributed by atoms with van der Waals surface area (Å²) >= 11 is 0. The molecule has 0 aromatic heterocycles. The molecule has 1 aliphatic heterocycles. The van der Waals surface area contributed by atoms with Crippen molar-refractivity contribution in [3.05, 3.63) is 59.9 Å². The summed E-state index contributed by atoms with van der Waals surface area (Å²) < 4.78 is 19.8. The third-order valence-corrected chi connectivity index (χ3v) is 4.53. The highest BCUT2D eigenvalue weighted by atomic mass is 19.1. The van der Waals surface area contributed by atoms with E-state index >= 15 is 0 Å². The lowest BCUT2D eigenvalue weighted by Crippen LogP contribution is -2.67. The van der Waals surface area contributed by atoms with E-state index in [1.807, 2.05) is 51.1 Å². The Balaban J connectivity index is 1.83. The Morgan fingerprint density at radius 2 is 1.90 bits per heavy atom. The van der Waals surface area contributed by atoms with Crippen molar-refractivity contribution in [2.75, 3.05) is 11.9 Å². The second-order valence-corrected chi connectivity index (χ2v) is 7.36. The minimum atomic E-state index is -0.824. The number of ether oxygens (including phenoxy) is 1. The van der Waals surface area contributed by atoms with Gasteiger partial charge in [0.25, 0.3) is 0 Å². The maximum Gasteiger partial charge on any atom is 0.331 e. The Labute approximate surface area is 175 Å². The monoisotopic (exact) mass is 414 g/mol. The molecule has 1 fully saturated rings. The Kier molecular flexibility index (Phi) is 6.76. The number of urea groups is 2. The zero-order valence-corrected chi connectivity index (χ0v) is 17.4. The summed E-state index contributed by atoms with van der Waals surface area (Å²) in [4.78, 5) is 28.2. The van der Waals surface area contributed by atoms with E-state index in [0.29, 0.717) is 18.7 Å². The summed E-state index contributed by atoms with van der Waals surface area (Å²) in [6, 6.07) is 13.1. The van der Waals surface area contributed by atoms with Crippen LogP contribution in [0.2, 0.25) is 0 Å². The maximum atomic E-state index is 14.4. The molecule has 2 aromatic carbocycles. The van der Waals surface area contributed by atoms with Gasteiger partial charge in [-0.15, -0.1) is 0 Å². The zero-order chi connectivity index (χ0) is 21.7. The molecule has 1 atom stereocenters. The van der Waals surface area contributed by atoms with E-state index in [4.69, 9.17) is 4.74 Å². The molecule has 0 bridgehead atoms. The summed E-state index contributed by atoms with van der Waals surface area (Å²) in [6.45, 7) is 6.14. The summed E-state index contributed by atoms with van der Waals surface area (Å²) in [7, 11) is 0. The predicted octanol–water partition coefficient (Wildman–Crippen LogP) is 4.37. The van der Waals surface area contributed by atoms with Crippen LogP contribution in [0, 0.1) is 5.82 Å². The first kappa shape index (κ1) is 21.4. The van der Waals surface area contributed by atoms with Crippen molar-refractivity contribution in [3.8, 4) is 5.75 Å². The molecular formula is C22H27FN4O3. The molecule has 3 rings (SSSR count). The van der Waals surface area contributed by atoms with Crippen molar-refractivity contribution in [1.29, 1.82) is 0 Å². The van der Waals surface area contributed by atoms with Gasteiger partial charge in [-0.1, -0.05) is 37.3 Å². The van der Waals surface area contributed by atoms with E-state index in [-0.39, 0.29) is 18.4 Å². The van der Waals surface area contributed by atoms with E-state index in [1.54, 1.807) is 6.07 Å². The van der Waals surface area contributed by atoms with Gasteiger partial charge in [0, 0.05) is 18.3 Å². The summed E-state index contributed by atoms with van der Waals surface area (Å²) in [6.07, 6.45) is -0.326. The molecule has 2 N–H and O–H groups in total. The number of carbonyl (C=O) groups is 2. The molecule has 0 aliphatic carbocycles.